The number of fused-ring (bicyclic) bond motifs is 2. The van der Waals surface area contributed by atoms with E-state index in [0.29, 0.717) is 48.7 Å². The minimum atomic E-state index is -0.797. The third-order valence-electron chi connectivity index (χ3n) is 12.7. The second-order valence-corrected chi connectivity index (χ2v) is 17.1. The maximum atomic E-state index is 13.4. The van der Waals surface area contributed by atoms with Crippen LogP contribution in [0.1, 0.15) is 83.5 Å². The highest BCUT2D eigenvalue weighted by Gasteiger charge is 2.44. The summed E-state index contributed by atoms with van der Waals surface area (Å²) in [7, 11) is 0. The molecule has 4 saturated heterocycles. The van der Waals surface area contributed by atoms with Gasteiger partial charge in [-0.05, 0) is 87.8 Å². The molecule has 1 N–H and O–H groups in total. The van der Waals surface area contributed by atoms with E-state index in [9.17, 15) is 14.4 Å². The largest absolute Gasteiger partial charge is 0.491 e. The van der Waals surface area contributed by atoms with E-state index in [4.69, 9.17) is 14.5 Å². The number of aromatic nitrogens is 2. The maximum Gasteiger partial charge on any atom is 0.262 e. The summed E-state index contributed by atoms with van der Waals surface area (Å²) in [6.45, 7) is 19.0. The van der Waals surface area contributed by atoms with E-state index in [-0.39, 0.29) is 29.9 Å². The van der Waals surface area contributed by atoms with Crippen molar-refractivity contribution in [3.8, 4) is 5.75 Å². The summed E-state index contributed by atoms with van der Waals surface area (Å²) in [5.74, 6) is 1.27. The number of rotatable bonds is 11. The Labute approximate surface area is 346 Å². The van der Waals surface area contributed by atoms with Gasteiger partial charge in [-0.3, -0.25) is 24.3 Å². The lowest BCUT2D eigenvalue weighted by molar-refractivity contribution is -0.125. The number of allylic oxidation sites excluding steroid dienone is 1. The molecule has 2 atom stereocenters. The lowest BCUT2D eigenvalue weighted by Gasteiger charge is -2.40. The number of piperidine rings is 2. The molecule has 0 saturated carbocycles. The van der Waals surface area contributed by atoms with Gasteiger partial charge in [-0.25, -0.2) is 9.97 Å². The number of hydrogen-bond donors (Lipinski definition) is 1. The lowest BCUT2D eigenvalue weighted by atomic mass is 9.95. The smallest absolute Gasteiger partial charge is 0.262 e. The van der Waals surface area contributed by atoms with Crippen molar-refractivity contribution >= 4 is 34.9 Å². The van der Waals surface area contributed by atoms with Crippen LogP contribution < -0.4 is 19.9 Å². The Morgan fingerprint density at radius 3 is 2.46 bits per heavy atom. The standard InChI is InChI=1S/C45H55N9O5/c1-29(2)59-34-7-5-32-25-46-42(37(32)23-34)39-24-41(48-28-47-39)53-20-21-58-35(27-53)12-13-50-16-18-51(19-17-50)26-31-10-14-52(15-11-31)33-6-8-36-38(22-33)45(57)54(44(36)56)40-9-4-30(3)49-43(40)55/h5-8,22-24,28-29,31,35,40H,3-4,9-21,25-27H2,1-2H3,(H,49,55)/t35-,40?/m1/s1. The quantitative estimate of drug-likeness (QED) is 0.281. The van der Waals surface area contributed by atoms with Gasteiger partial charge in [0.2, 0.25) is 5.91 Å². The average Bonchev–Trinajstić information content (AvgIpc) is 3.78. The molecule has 6 aliphatic rings. The summed E-state index contributed by atoms with van der Waals surface area (Å²) in [5, 5.41) is 2.70. The highest BCUT2D eigenvalue weighted by molar-refractivity contribution is 6.23. The number of hydrogen-bond acceptors (Lipinski definition) is 12. The Kier molecular flexibility index (Phi) is 11.2. The van der Waals surface area contributed by atoms with Crippen molar-refractivity contribution in [2.45, 2.75) is 70.7 Å². The number of amides is 3. The molecule has 7 heterocycles. The van der Waals surface area contributed by atoms with Gasteiger partial charge in [0.25, 0.3) is 11.8 Å². The Balaban J connectivity index is 0.714. The van der Waals surface area contributed by atoms with Crippen LogP contribution in [0.3, 0.4) is 0 Å². The zero-order valence-corrected chi connectivity index (χ0v) is 34.3. The number of benzene rings is 2. The van der Waals surface area contributed by atoms with Crippen LogP contribution in [-0.4, -0.2) is 138 Å². The zero-order chi connectivity index (χ0) is 40.6. The minimum Gasteiger partial charge on any atom is -0.491 e. The van der Waals surface area contributed by atoms with Gasteiger partial charge in [0.15, 0.2) is 0 Å². The molecule has 1 unspecified atom stereocenters. The van der Waals surface area contributed by atoms with Gasteiger partial charge in [0.05, 0.1) is 47.9 Å². The zero-order valence-electron chi connectivity index (χ0n) is 34.3. The first-order valence-corrected chi connectivity index (χ1v) is 21.4. The van der Waals surface area contributed by atoms with Crippen LogP contribution in [0.15, 0.2) is 66.1 Å². The fraction of sp³-hybridized carbons (Fsp3) is 0.511. The molecule has 0 spiro atoms. The van der Waals surface area contributed by atoms with E-state index < -0.39 is 6.04 Å². The number of piperazine rings is 1. The van der Waals surface area contributed by atoms with E-state index in [2.05, 4.69) is 59.7 Å². The molecule has 59 heavy (non-hydrogen) atoms. The number of nitrogens with zero attached hydrogens (tertiary/aromatic N) is 8. The number of morpholine rings is 1. The summed E-state index contributed by atoms with van der Waals surface area (Å²) in [6.07, 6.45) is 6.01. The predicted molar refractivity (Wildman–Crippen MR) is 225 cm³/mol. The number of aliphatic imine (C=N–C) groups is 1. The van der Waals surface area contributed by atoms with Crippen molar-refractivity contribution in [3.63, 3.8) is 0 Å². The summed E-state index contributed by atoms with van der Waals surface area (Å²) in [5.41, 5.74) is 6.36. The predicted octanol–water partition coefficient (Wildman–Crippen LogP) is 4.13. The van der Waals surface area contributed by atoms with Gasteiger partial charge < -0.3 is 34.4 Å². The molecule has 2 aromatic carbocycles. The molecule has 14 nitrogen and oxygen atoms in total. The molecule has 3 amide bonds. The molecule has 14 heteroatoms. The average molecular weight is 802 g/mol. The summed E-state index contributed by atoms with van der Waals surface area (Å²) < 4.78 is 12.2. The lowest BCUT2D eigenvalue weighted by Crippen LogP contribution is -2.51. The molecule has 1 aromatic heterocycles. The monoisotopic (exact) mass is 801 g/mol. The fourth-order valence-electron chi connectivity index (χ4n) is 9.48. The molecule has 0 aliphatic carbocycles. The number of imide groups is 1. The first kappa shape index (κ1) is 39.3. The Morgan fingerprint density at radius 1 is 0.864 bits per heavy atom. The maximum absolute atomic E-state index is 13.4. The van der Waals surface area contributed by atoms with Crippen LogP contribution in [0.5, 0.6) is 5.75 Å². The Bertz CT molecular complexity index is 2140. The van der Waals surface area contributed by atoms with Crippen molar-refractivity contribution < 1.29 is 23.9 Å². The van der Waals surface area contributed by atoms with E-state index >= 15 is 0 Å². The number of carbonyl (C=O) groups excluding carboxylic acids is 3. The summed E-state index contributed by atoms with van der Waals surface area (Å²) in [6, 6.07) is 13.0. The van der Waals surface area contributed by atoms with Gasteiger partial charge in [0, 0.05) is 88.5 Å². The molecule has 310 valence electrons. The van der Waals surface area contributed by atoms with Crippen molar-refractivity contribution in [2.24, 2.45) is 10.9 Å². The molecule has 6 aliphatic heterocycles. The highest BCUT2D eigenvalue weighted by Crippen LogP contribution is 2.33. The third kappa shape index (κ3) is 8.35. The first-order chi connectivity index (χ1) is 28.7. The number of carbonyl (C=O) groups is 3. The van der Waals surface area contributed by atoms with Crippen molar-refractivity contribution in [1.29, 1.82) is 0 Å². The fourth-order valence-corrected chi connectivity index (χ4v) is 9.48. The molecule has 4 fully saturated rings. The minimum absolute atomic E-state index is 0.104. The number of ether oxygens (including phenoxy) is 2. The van der Waals surface area contributed by atoms with Crippen LogP contribution in [-0.2, 0) is 16.1 Å². The third-order valence-corrected chi connectivity index (χ3v) is 12.7. The molecule has 0 bridgehead atoms. The Morgan fingerprint density at radius 2 is 1.66 bits per heavy atom. The van der Waals surface area contributed by atoms with Crippen molar-refractivity contribution in [3.05, 3.63) is 89.0 Å². The molecular weight excluding hydrogens is 747 g/mol. The number of anilines is 2. The van der Waals surface area contributed by atoms with Crippen LogP contribution in [0.4, 0.5) is 11.5 Å². The van der Waals surface area contributed by atoms with Crippen LogP contribution in [0.2, 0.25) is 0 Å². The van der Waals surface area contributed by atoms with Crippen LogP contribution >= 0.6 is 0 Å². The molecular formula is C45H55N9O5. The molecule has 3 aromatic rings. The van der Waals surface area contributed by atoms with Crippen molar-refractivity contribution in [1.82, 2.24) is 30.0 Å². The van der Waals surface area contributed by atoms with Gasteiger partial charge in [-0.1, -0.05) is 12.6 Å². The van der Waals surface area contributed by atoms with Crippen LogP contribution in [0, 0.1) is 5.92 Å². The van der Waals surface area contributed by atoms with Gasteiger partial charge in [-0.15, -0.1) is 0 Å². The molecule has 0 radical (unpaired) electrons. The topological polar surface area (TPSA) is 136 Å². The van der Waals surface area contributed by atoms with E-state index in [1.165, 1.54) is 5.56 Å². The molecule has 9 rings (SSSR count). The van der Waals surface area contributed by atoms with E-state index in [0.717, 1.165) is 124 Å². The second-order valence-electron chi connectivity index (χ2n) is 17.1. The van der Waals surface area contributed by atoms with Crippen LogP contribution in [0.25, 0.3) is 0 Å². The van der Waals surface area contributed by atoms with E-state index in [1.807, 2.05) is 32.0 Å². The SMILES string of the molecule is C=C1CCC(N2C(=O)c3ccc(N4CCC(CN5CCN(CC[C@@H]6CN(c7cc(C8=NCc9ccc(OC(C)C)cc98)ncn7)CCO6)CC5)CC4)cc3C2=O)C(=O)N1. The highest BCUT2D eigenvalue weighted by atomic mass is 16.5. The summed E-state index contributed by atoms with van der Waals surface area (Å²) >= 11 is 0. The Hall–Kier alpha value is -5.18. The summed E-state index contributed by atoms with van der Waals surface area (Å²) in [4.78, 5) is 64.4. The van der Waals surface area contributed by atoms with Crippen molar-refractivity contribution in [2.75, 3.05) is 81.9 Å². The van der Waals surface area contributed by atoms with Gasteiger partial charge >= 0.3 is 0 Å². The normalized spacial score (nSPS) is 23.2. The second kappa shape index (κ2) is 16.8. The van der Waals surface area contributed by atoms with E-state index in [1.54, 1.807) is 12.4 Å². The first-order valence-electron chi connectivity index (χ1n) is 21.4. The van der Waals surface area contributed by atoms with Gasteiger partial charge in [0.1, 0.15) is 23.9 Å². The number of nitrogens with one attached hydrogen (secondary N) is 1. The van der Waals surface area contributed by atoms with Gasteiger partial charge in [-0.2, -0.15) is 0 Å².